The van der Waals surface area contributed by atoms with Gasteiger partial charge in [0.1, 0.15) is 17.7 Å². The second-order valence-corrected chi connectivity index (χ2v) is 9.21. The highest BCUT2D eigenvalue weighted by Crippen LogP contribution is 2.34. The van der Waals surface area contributed by atoms with Crippen molar-refractivity contribution in [2.24, 2.45) is 0 Å². The molecule has 7 nitrogen and oxygen atoms in total. The zero-order valence-corrected chi connectivity index (χ0v) is 22.2. The van der Waals surface area contributed by atoms with Crippen LogP contribution in [0.2, 0.25) is 0 Å². The molecule has 3 rings (SSSR count). The smallest absolute Gasteiger partial charge is 0.247 e. The first-order chi connectivity index (χ1) is 17.5. The molecule has 2 aromatic carbocycles. The molecule has 0 heterocycles. The number of carbonyl (C=O) groups is 2. The highest BCUT2D eigenvalue weighted by molar-refractivity contribution is 6.27. The predicted octanol–water partition coefficient (Wildman–Crippen LogP) is 5.25. The summed E-state index contributed by atoms with van der Waals surface area (Å²) in [5.74, 6) is 1.01. The second kappa shape index (κ2) is 14.0. The van der Waals surface area contributed by atoms with E-state index in [2.05, 4.69) is 5.32 Å². The minimum Gasteiger partial charge on any atom is -0.497 e. The van der Waals surface area contributed by atoms with E-state index >= 15 is 0 Å². The van der Waals surface area contributed by atoms with Gasteiger partial charge in [-0.1, -0.05) is 43.9 Å². The van der Waals surface area contributed by atoms with Gasteiger partial charge in [0, 0.05) is 12.6 Å². The van der Waals surface area contributed by atoms with Gasteiger partial charge in [0.2, 0.25) is 11.8 Å². The first-order valence-electron chi connectivity index (χ1n) is 12.6. The van der Waals surface area contributed by atoms with E-state index < -0.39 is 6.04 Å². The number of nitrogens with zero attached hydrogens (tertiary/aromatic N) is 1. The normalized spacial score (nSPS) is 14.9. The van der Waals surface area contributed by atoms with Gasteiger partial charge in [-0.05, 0) is 55.2 Å². The van der Waals surface area contributed by atoms with Gasteiger partial charge in [-0.2, -0.15) is 0 Å². The number of benzene rings is 2. The van der Waals surface area contributed by atoms with Crippen LogP contribution in [-0.4, -0.2) is 49.5 Å². The summed E-state index contributed by atoms with van der Waals surface area (Å²) in [4.78, 5) is 28.5. The van der Waals surface area contributed by atoms with E-state index in [0.29, 0.717) is 29.4 Å². The van der Waals surface area contributed by atoms with E-state index in [4.69, 9.17) is 25.8 Å². The number of ether oxygens (including phenoxy) is 3. The molecule has 1 N–H and O–H groups in total. The highest BCUT2D eigenvalue weighted by atomic mass is 35.5. The Morgan fingerprint density at radius 2 is 1.69 bits per heavy atom. The topological polar surface area (TPSA) is 77.1 Å². The van der Waals surface area contributed by atoms with Crippen molar-refractivity contribution in [3.63, 3.8) is 0 Å². The number of halogens is 1. The number of alkyl halides is 1. The van der Waals surface area contributed by atoms with Crippen LogP contribution in [0.25, 0.3) is 0 Å². The maximum Gasteiger partial charge on any atom is 0.247 e. The van der Waals surface area contributed by atoms with Crippen molar-refractivity contribution in [1.29, 1.82) is 0 Å². The third kappa shape index (κ3) is 7.29. The summed E-state index contributed by atoms with van der Waals surface area (Å²) in [7, 11) is 3.16. The Morgan fingerprint density at radius 1 is 1.00 bits per heavy atom. The Labute approximate surface area is 219 Å². The van der Waals surface area contributed by atoms with Gasteiger partial charge in [-0.15, -0.1) is 11.6 Å². The van der Waals surface area contributed by atoms with E-state index in [-0.39, 0.29) is 30.3 Å². The predicted molar refractivity (Wildman–Crippen MR) is 141 cm³/mol. The summed E-state index contributed by atoms with van der Waals surface area (Å²) in [6, 6.07) is 12.0. The average molecular weight is 517 g/mol. The monoisotopic (exact) mass is 516 g/mol. The van der Waals surface area contributed by atoms with Crippen molar-refractivity contribution in [2.45, 2.75) is 64.1 Å². The third-order valence-corrected chi connectivity index (χ3v) is 6.74. The summed E-state index contributed by atoms with van der Waals surface area (Å²) in [6.07, 6.45) is 6.41. The molecule has 0 spiro atoms. The number of methoxy groups -OCH3 is 2. The molecule has 1 aliphatic rings. The molecular weight excluding hydrogens is 480 g/mol. The standard InChI is InChI=1S/C28H37ClN2O5/c1-4-36-24-16-13-21(17-25(24)35-3)27(28(33)30-22-9-7-5-6-8-10-22)31(26(32)18-29)19-20-11-14-23(34-2)15-12-20/h11-17,22,27H,4-10,18-19H2,1-3H3,(H,30,33). The summed E-state index contributed by atoms with van der Waals surface area (Å²) in [6.45, 7) is 2.59. The Morgan fingerprint density at radius 3 is 2.28 bits per heavy atom. The molecule has 2 aromatic rings. The van der Waals surface area contributed by atoms with E-state index in [9.17, 15) is 9.59 Å². The molecule has 1 atom stereocenters. The zero-order chi connectivity index (χ0) is 25.9. The number of rotatable bonds is 11. The Bertz CT molecular complexity index is 990. The fraction of sp³-hybridized carbons (Fsp3) is 0.500. The molecule has 0 aliphatic heterocycles. The van der Waals surface area contributed by atoms with Crippen LogP contribution in [0.5, 0.6) is 17.2 Å². The van der Waals surface area contributed by atoms with Gasteiger partial charge in [0.15, 0.2) is 11.5 Å². The van der Waals surface area contributed by atoms with Crippen molar-refractivity contribution in [1.82, 2.24) is 10.2 Å². The van der Waals surface area contributed by atoms with Gasteiger partial charge in [-0.25, -0.2) is 0 Å². The summed E-state index contributed by atoms with van der Waals surface area (Å²) < 4.78 is 16.5. The van der Waals surface area contributed by atoms with Gasteiger partial charge in [0.25, 0.3) is 0 Å². The summed E-state index contributed by atoms with van der Waals surface area (Å²) in [5, 5.41) is 3.23. The van der Waals surface area contributed by atoms with Crippen LogP contribution in [0.3, 0.4) is 0 Å². The summed E-state index contributed by atoms with van der Waals surface area (Å²) in [5.41, 5.74) is 1.49. The minimum absolute atomic E-state index is 0.0843. The van der Waals surface area contributed by atoms with Gasteiger partial charge < -0.3 is 24.4 Å². The first-order valence-corrected chi connectivity index (χ1v) is 13.1. The van der Waals surface area contributed by atoms with Crippen LogP contribution >= 0.6 is 11.6 Å². The van der Waals surface area contributed by atoms with Gasteiger partial charge in [0.05, 0.1) is 20.8 Å². The molecule has 0 saturated heterocycles. The number of amides is 2. The van der Waals surface area contributed by atoms with Crippen LogP contribution in [0.4, 0.5) is 0 Å². The molecule has 0 bridgehead atoms. The number of hydrogen-bond acceptors (Lipinski definition) is 5. The third-order valence-electron chi connectivity index (χ3n) is 6.51. The fourth-order valence-electron chi connectivity index (χ4n) is 4.63. The quantitative estimate of drug-likeness (QED) is 0.326. The first kappa shape index (κ1) is 27.7. The number of nitrogens with one attached hydrogen (secondary N) is 1. The maximum absolute atomic E-state index is 13.8. The molecule has 1 aliphatic carbocycles. The molecule has 0 aromatic heterocycles. The average Bonchev–Trinajstić information content (AvgIpc) is 3.17. The minimum atomic E-state index is -0.883. The van der Waals surface area contributed by atoms with Gasteiger partial charge >= 0.3 is 0 Å². The highest BCUT2D eigenvalue weighted by Gasteiger charge is 2.33. The molecule has 2 amide bonds. The molecular formula is C28H37ClN2O5. The van der Waals surface area contributed by atoms with E-state index in [1.165, 1.54) is 17.7 Å². The lowest BCUT2D eigenvalue weighted by atomic mass is 10.0. The van der Waals surface area contributed by atoms with Crippen molar-refractivity contribution in [2.75, 3.05) is 26.7 Å². The van der Waals surface area contributed by atoms with Crippen molar-refractivity contribution in [3.05, 3.63) is 53.6 Å². The van der Waals surface area contributed by atoms with E-state index in [0.717, 1.165) is 31.2 Å². The lowest BCUT2D eigenvalue weighted by Crippen LogP contribution is -2.46. The lowest BCUT2D eigenvalue weighted by Gasteiger charge is -2.32. The van der Waals surface area contributed by atoms with Crippen molar-refractivity contribution >= 4 is 23.4 Å². The molecule has 0 radical (unpaired) electrons. The number of hydrogen-bond donors (Lipinski definition) is 1. The van der Waals surface area contributed by atoms with Crippen LogP contribution in [0.15, 0.2) is 42.5 Å². The van der Waals surface area contributed by atoms with Gasteiger partial charge in [-0.3, -0.25) is 9.59 Å². The molecule has 1 unspecified atom stereocenters. The Hall–Kier alpha value is -2.93. The molecule has 196 valence electrons. The van der Waals surface area contributed by atoms with Crippen LogP contribution < -0.4 is 19.5 Å². The van der Waals surface area contributed by atoms with E-state index in [1.807, 2.05) is 37.3 Å². The Kier molecular flexibility index (Phi) is 10.7. The van der Waals surface area contributed by atoms with Crippen LogP contribution in [0, 0.1) is 0 Å². The lowest BCUT2D eigenvalue weighted by molar-refractivity contribution is -0.140. The zero-order valence-electron chi connectivity index (χ0n) is 21.4. The van der Waals surface area contributed by atoms with Crippen molar-refractivity contribution in [3.8, 4) is 17.2 Å². The molecule has 36 heavy (non-hydrogen) atoms. The van der Waals surface area contributed by atoms with Crippen molar-refractivity contribution < 1.29 is 23.8 Å². The second-order valence-electron chi connectivity index (χ2n) is 8.95. The van der Waals surface area contributed by atoms with E-state index in [1.54, 1.807) is 26.4 Å². The Balaban J connectivity index is 2.00. The van der Waals surface area contributed by atoms with Crippen LogP contribution in [0.1, 0.15) is 62.6 Å². The van der Waals surface area contributed by atoms with Crippen LogP contribution in [-0.2, 0) is 16.1 Å². The maximum atomic E-state index is 13.8. The fourth-order valence-corrected chi connectivity index (χ4v) is 4.79. The summed E-state index contributed by atoms with van der Waals surface area (Å²) >= 11 is 6.05. The molecule has 8 heteroatoms. The molecule has 1 saturated carbocycles. The largest absolute Gasteiger partial charge is 0.497 e. The number of carbonyl (C=O) groups excluding carboxylic acids is 2. The SMILES string of the molecule is CCOc1ccc(C(C(=O)NC2CCCCCC2)N(Cc2ccc(OC)cc2)C(=O)CCl)cc1OC. The molecule has 1 fully saturated rings.